The molecule has 134 valence electrons. The van der Waals surface area contributed by atoms with Crippen LogP contribution in [-0.4, -0.2) is 11.9 Å². The number of carbonyl (C=O) groups is 2. The molecule has 0 aromatic heterocycles. The standard InChI is InChI=1S/C20H14ClN3O3/c21-18-9-5-4-8-17(18)20(26)27-24-16-12-10-15(11-13-16)22-23-19(25)14-6-2-1-3-7-14/h1-13,24H. The largest absolute Gasteiger partial charge is 0.364 e. The fraction of sp³-hybridized carbons (Fsp3) is 0. The molecule has 0 radical (unpaired) electrons. The topological polar surface area (TPSA) is 80.1 Å². The summed E-state index contributed by atoms with van der Waals surface area (Å²) < 4.78 is 0. The van der Waals surface area contributed by atoms with Crippen LogP contribution < -0.4 is 5.48 Å². The molecule has 0 heterocycles. The van der Waals surface area contributed by atoms with Crippen molar-refractivity contribution in [3.63, 3.8) is 0 Å². The first kappa shape index (κ1) is 18.3. The van der Waals surface area contributed by atoms with Crippen molar-refractivity contribution in [3.8, 4) is 0 Å². The number of nitrogens with zero attached hydrogens (tertiary/aromatic N) is 2. The minimum atomic E-state index is -0.599. The number of hydrogen-bond donors (Lipinski definition) is 1. The predicted molar refractivity (Wildman–Crippen MR) is 102 cm³/mol. The van der Waals surface area contributed by atoms with Gasteiger partial charge in [-0.15, -0.1) is 10.2 Å². The zero-order valence-corrected chi connectivity index (χ0v) is 14.8. The van der Waals surface area contributed by atoms with Gasteiger partial charge in [-0.05, 0) is 48.5 Å². The number of azo groups is 1. The Kier molecular flexibility index (Phi) is 5.91. The molecule has 0 aliphatic rings. The van der Waals surface area contributed by atoms with Gasteiger partial charge in [-0.2, -0.15) is 0 Å². The number of hydrogen-bond acceptors (Lipinski definition) is 5. The Balaban J connectivity index is 1.57. The minimum absolute atomic E-state index is 0.261. The van der Waals surface area contributed by atoms with Crippen LogP contribution in [0, 0.1) is 0 Å². The van der Waals surface area contributed by atoms with E-state index >= 15 is 0 Å². The second kappa shape index (κ2) is 8.73. The highest BCUT2D eigenvalue weighted by molar-refractivity contribution is 6.33. The van der Waals surface area contributed by atoms with Gasteiger partial charge < -0.3 is 4.84 Å². The van der Waals surface area contributed by atoms with Gasteiger partial charge in [-0.3, -0.25) is 4.79 Å². The maximum Gasteiger partial charge on any atom is 0.364 e. The fourth-order valence-electron chi connectivity index (χ4n) is 2.12. The van der Waals surface area contributed by atoms with E-state index in [9.17, 15) is 9.59 Å². The number of rotatable bonds is 5. The molecule has 0 spiro atoms. The lowest BCUT2D eigenvalue weighted by molar-refractivity contribution is 0.0596. The molecule has 3 rings (SSSR count). The molecule has 7 heteroatoms. The molecule has 0 aliphatic carbocycles. The Hall–Kier alpha value is -3.51. The molecule has 27 heavy (non-hydrogen) atoms. The van der Waals surface area contributed by atoms with E-state index in [-0.39, 0.29) is 5.56 Å². The average Bonchev–Trinajstić information content (AvgIpc) is 2.72. The summed E-state index contributed by atoms with van der Waals surface area (Å²) in [6.45, 7) is 0. The smallest absolute Gasteiger partial charge is 0.338 e. The summed E-state index contributed by atoms with van der Waals surface area (Å²) in [5.74, 6) is -1.02. The van der Waals surface area contributed by atoms with E-state index in [0.717, 1.165) is 0 Å². The third-order valence-electron chi connectivity index (χ3n) is 3.50. The van der Waals surface area contributed by atoms with Crippen molar-refractivity contribution in [2.24, 2.45) is 10.2 Å². The summed E-state index contributed by atoms with van der Waals surface area (Å²) in [6, 6.07) is 21.8. The van der Waals surface area contributed by atoms with Gasteiger partial charge in [0.15, 0.2) is 0 Å². The third kappa shape index (κ3) is 4.99. The first-order valence-electron chi connectivity index (χ1n) is 7.96. The number of benzene rings is 3. The summed E-state index contributed by atoms with van der Waals surface area (Å²) in [4.78, 5) is 28.9. The van der Waals surface area contributed by atoms with Gasteiger partial charge in [0.2, 0.25) is 0 Å². The Morgan fingerprint density at radius 3 is 2.22 bits per heavy atom. The highest BCUT2D eigenvalue weighted by Crippen LogP contribution is 2.19. The molecule has 0 saturated carbocycles. The number of amides is 1. The zero-order chi connectivity index (χ0) is 19.1. The zero-order valence-electron chi connectivity index (χ0n) is 14.0. The Morgan fingerprint density at radius 2 is 1.52 bits per heavy atom. The molecule has 0 aliphatic heterocycles. The second-order valence-electron chi connectivity index (χ2n) is 5.39. The van der Waals surface area contributed by atoms with E-state index in [4.69, 9.17) is 16.4 Å². The first-order chi connectivity index (χ1) is 13.1. The number of halogens is 1. The molecule has 1 amide bonds. The molecule has 6 nitrogen and oxygen atoms in total. The lowest BCUT2D eigenvalue weighted by Crippen LogP contribution is -2.11. The molecule has 0 saturated heterocycles. The Morgan fingerprint density at radius 1 is 0.852 bits per heavy atom. The van der Waals surface area contributed by atoms with Gasteiger partial charge in [0.05, 0.1) is 22.0 Å². The normalized spacial score (nSPS) is 10.6. The van der Waals surface area contributed by atoms with Crippen LogP contribution in [-0.2, 0) is 4.84 Å². The van der Waals surface area contributed by atoms with Crippen molar-refractivity contribution < 1.29 is 14.4 Å². The SMILES string of the molecule is O=C(N=Nc1ccc(NOC(=O)c2ccccc2Cl)cc1)c1ccccc1. The fourth-order valence-corrected chi connectivity index (χ4v) is 2.34. The molecular weight excluding hydrogens is 366 g/mol. The highest BCUT2D eigenvalue weighted by atomic mass is 35.5. The summed E-state index contributed by atoms with van der Waals surface area (Å²) in [5, 5.41) is 7.89. The maximum atomic E-state index is 12.0. The minimum Gasteiger partial charge on any atom is -0.338 e. The van der Waals surface area contributed by atoms with Crippen LogP contribution in [0.25, 0.3) is 0 Å². The molecule has 3 aromatic carbocycles. The summed E-state index contributed by atoms with van der Waals surface area (Å²) in [5.41, 5.74) is 4.28. The summed E-state index contributed by atoms with van der Waals surface area (Å²) >= 11 is 5.95. The Labute approximate surface area is 160 Å². The summed E-state index contributed by atoms with van der Waals surface area (Å²) in [6.07, 6.45) is 0. The van der Waals surface area contributed by atoms with E-state index in [2.05, 4.69) is 15.7 Å². The van der Waals surface area contributed by atoms with Gasteiger partial charge in [0.1, 0.15) is 0 Å². The average molecular weight is 380 g/mol. The Bertz CT molecular complexity index is 973. The first-order valence-corrected chi connectivity index (χ1v) is 8.34. The van der Waals surface area contributed by atoms with Crippen LogP contribution in [0.3, 0.4) is 0 Å². The molecule has 3 aromatic rings. The van der Waals surface area contributed by atoms with Gasteiger partial charge in [0.25, 0.3) is 5.91 Å². The molecule has 0 unspecified atom stereocenters. The lowest BCUT2D eigenvalue weighted by Gasteiger charge is -2.07. The van der Waals surface area contributed by atoms with Crippen LogP contribution in [0.5, 0.6) is 0 Å². The van der Waals surface area contributed by atoms with Crippen LogP contribution in [0.2, 0.25) is 5.02 Å². The number of carbonyl (C=O) groups excluding carboxylic acids is 2. The van der Waals surface area contributed by atoms with E-state index in [1.807, 2.05) is 6.07 Å². The van der Waals surface area contributed by atoms with E-state index in [0.29, 0.717) is 22.0 Å². The highest BCUT2D eigenvalue weighted by Gasteiger charge is 2.11. The van der Waals surface area contributed by atoms with Crippen molar-refractivity contribution in [3.05, 3.63) is 95.0 Å². The molecule has 0 atom stereocenters. The van der Waals surface area contributed by atoms with Gasteiger partial charge in [-0.25, -0.2) is 10.3 Å². The predicted octanol–water partition coefficient (Wildman–Crippen LogP) is 5.45. The van der Waals surface area contributed by atoms with Crippen molar-refractivity contribution in [1.29, 1.82) is 0 Å². The number of anilines is 1. The molecule has 1 N–H and O–H groups in total. The monoisotopic (exact) mass is 379 g/mol. The number of nitrogens with one attached hydrogen (secondary N) is 1. The summed E-state index contributed by atoms with van der Waals surface area (Å²) in [7, 11) is 0. The van der Waals surface area contributed by atoms with Gasteiger partial charge in [-0.1, -0.05) is 41.9 Å². The van der Waals surface area contributed by atoms with Crippen LogP contribution in [0.4, 0.5) is 11.4 Å². The van der Waals surface area contributed by atoms with E-state index in [1.165, 1.54) is 0 Å². The van der Waals surface area contributed by atoms with Gasteiger partial charge >= 0.3 is 5.97 Å². The van der Waals surface area contributed by atoms with Crippen molar-refractivity contribution in [2.75, 3.05) is 5.48 Å². The van der Waals surface area contributed by atoms with Crippen LogP contribution >= 0.6 is 11.6 Å². The second-order valence-corrected chi connectivity index (χ2v) is 5.80. The molecular formula is C20H14ClN3O3. The maximum absolute atomic E-state index is 12.0. The van der Waals surface area contributed by atoms with Crippen molar-refractivity contribution in [2.45, 2.75) is 0 Å². The van der Waals surface area contributed by atoms with Crippen LogP contribution in [0.15, 0.2) is 89.1 Å². The van der Waals surface area contributed by atoms with Gasteiger partial charge in [0, 0.05) is 5.56 Å². The third-order valence-corrected chi connectivity index (χ3v) is 3.83. The quantitative estimate of drug-likeness (QED) is 0.472. The van der Waals surface area contributed by atoms with Crippen molar-refractivity contribution >= 4 is 34.9 Å². The van der Waals surface area contributed by atoms with Crippen molar-refractivity contribution in [1.82, 2.24) is 0 Å². The van der Waals surface area contributed by atoms with Crippen LogP contribution in [0.1, 0.15) is 20.7 Å². The molecule has 0 fully saturated rings. The molecule has 0 bridgehead atoms. The lowest BCUT2D eigenvalue weighted by atomic mass is 10.2. The van der Waals surface area contributed by atoms with E-state index in [1.54, 1.807) is 72.8 Å². The van der Waals surface area contributed by atoms with E-state index < -0.39 is 11.9 Å².